The van der Waals surface area contributed by atoms with Crippen LogP contribution in [0.25, 0.3) is 0 Å². The minimum absolute atomic E-state index is 0.0366. The Kier molecular flexibility index (Phi) is 3.74. The number of rotatable bonds is 3. The van der Waals surface area contributed by atoms with Gasteiger partial charge >= 0.3 is 0 Å². The third-order valence-electron chi connectivity index (χ3n) is 6.11. The van der Waals surface area contributed by atoms with E-state index >= 15 is 0 Å². The van der Waals surface area contributed by atoms with Crippen molar-refractivity contribution < 1.29 is 14.4 Å². The highest BCUT2D eigenvalue weighted by Crippen LogP contribution is 2.49. The van der Waals surface area contributed by atoms with E-state index < -0.39 is 0 Å². The lowest BCUT2D eigenvalue weighted by Crippen LogP contribution is -2.39. The second kappa shape index (κ2) is 5.77. The Morgan fingerprint density at radius 3 is 2.04 bits per heavy atom. The topological polar surface area (TPSA) is 57.7 Å². The second-order valence-electron chi connectivity index (χ2n) is 7.36. The number of nitrogens with zero attached hydrogens (tertiary/aromatic N) is 2. The minimum atomic E-state index is -0.156. The van der Waals surface area contributed by atoms with E-state index in [1.54, 1.807) is 0 Å². The molecule has 5 aliphatic rings. The molecule has 5 nitrogen and oxygen atoms in total. The lowest BCUT2D eigenvalue weighted by Gasteiger charge is -2.38. The Morgan fingerprint density at radius 1 is 0.957 bits per heavy atom. The maximum absolute atomic E-state index is 12.7. The van der Waals surface area contributed by atoms with Gasteiger partial charge in [0.25, 0.3) is 0 Å². The van der Waals surface area contributed by atoms with Gasteiger partial charge in [0.05, 0.1) is 11.8 Å². The molecular weight excluding hydrogens is 292 g/mol. The SMILES string of the molecule is O=C(CCN1C(=O)[C@H]2[C@H](C1=O)[C@H]1C=C[C@H]2CC1)N1CCCCC1. The fourth-order valence-electron chi connectivity index (χ4n) is 4.87. The van der Waals surface area contributed by atoms with Gasteiger partial charge in [-0.25, -0.2) is 0 Å². The summed E-state index contributed by atoms with van der Waals surface area (Å²) < 4.78 is 0. The molecule has 4 atom stereocenters. The van der Waals surface area contributed by atoms with Crippen LogP contribution < -0.4 is 0 Å². The van der Waals surface area contributed by atoms with Crippen molar-refractivity contribution in [2.45, 2.75) is 38.5 Å². The van der Waals surface area contributed by atoms with Crippen LogP contribution in [0.15, 0.2) is 12.2 Å². The standard InChI is InChI=1S/C18H24N2O3/c21-14(19-9-2-1-3-10-19)8-11-20-17(22)15-12-4-5-13(7-6-12)16(15)18(20)23/h4-5,12-13,15-16H,1-3,6-11H2/t12-,13-,15+,16+/m0/s1. The molecule has 0 spiro atoms. The maximum Gasteiger partial charge on any atom is 0.233 e. The Hall–Kier alpha value is -1.65. The van der Waals surface area contributed by atoms with Gasteiger partial charge in [-0.15, -0.1) is 0 Å². The van der Waals surface area contributed by atoms with Crippen molar-refractivity contribution in [1.29, 1.82) is 0 Å². The molecule has 3 aliphatic carbocycles. The van der Waals surface area contributed by atoms with Gasteiger partial charge in [0.15, 0.2) is 0 Å². The first kappa shape index (κ1) is 14.9. The predicted molar refractivity (Wildman–Crippen MR) is 84.1 cm³/mol. The first-order valence-corrected chi connectivity index (χ1v) is 8.98. The molecule has 0 aromatic heterocycles. The fraction of sp³-hybridized carbons (Fsp3) is 0.722. The van der Waals surface area contributed by atoms with Crippen molar-refractivity contribution in [2.75, 3.05) is 19.6 Å². The van der Waals surface area contributed by atoms with Crippen LogP contribution in [-0.4, -0.2) is 47.2 Å². The average molecular weight is 316 g/mol. The molecule has 1 saturated carbocycles. The van der Waals surface area contributed by atoms with E-state index in [4.69, 9.17) is 0 Å². The molecule has 0 unspecified atom stereocenters. The van der Waals surface area contributed by atoms with E-state index in [2.05, 4.69) is 12.2 Å². The molecule has 5 rings (SSSR count). The van der Waals surface area contributed by atoms with Gasteiger partial charge in [-0.3, -0.25) is 19.3 Å². The van der Waals surface area contributed by atoms with E-state index in [-0.39, 0.29) is 54.4 Å². The number of hydrogen-bond donors (Lipinski definition) is 0. The van der Waals surface area contributed by atoms with Crippen molar-refractivity contribution in [3.05, 3.63) is 12.2 Å². The molecule has 0 aromatic rings. The number of amides is 3. The number of carbonyl (C=O) groups excluding carboxylic acids is 3. The van der Waals surface area contributed by atoms with Gasteiger partial charge < -0.3 is 4.90 Å². The Balaban J connectivity index is 1.41. The van der Waals surface area contributed by atoms with Crippen LogP contribution in [0.3, 0.4) is 0 Å². The molecule has 0 N–H and O–H groups in total. The summed E-state index contributed by atoms with van der Waals surface area (Å²) in [7, 11) is 0. The van der Waals surface area contributed by atoms with Gasteiger partial charge in [0.2, 0.25) is 17.7 Å². The van der Waals surface area contributed by atoms with Crippen LogP contribution >= 0.6 is 0 Å². The first-order chi connectivity index (χ1) is 11.2. The van der Waals surface area contributed by atoms with Crippen molar-refractivity contribution in [1.82, 2.24) is 9.80 Å². The molecule has 3 fully saturated rings. The number of hydrogen-bond acceptors (Lipinski definition) is 3. The van der Waals surface area contributed by atoms with E-state index in [9.17, 15) is 14.4 Å². The zero-order chi connectivity index (χ0) is 16.0. The number of likely N-dealkylation sites (tertiary alicyclic amines) is 2. The lowest BCUT2D eigenvalue weighted by atomic mass is 9.63. The summed E-state index contributed by atoms with van der Waals surface area (Å²) in [6, 6.07) is 0. The van der Waals surface area contributed by atoms with Crippen molar-refractivity contribution in [2.24, 2.45) is 23.7 Å². The zero-order valence-electron chi connectivity index (χ0n) is 13.4. The summed E-state index contributed by atoms with van der Waals surface area (Å²) in [6.45, 7) is 1.90. The molecule has 124 valence electrons. The van der Waals surface area contributed by atoms with E-state index in [1.165, 1.54) is 11.3 Å². The molecule has 5 heteroatoms. The van der Waals surface area contributed by atoms with E-state index in [0.29, 0.717) is 0 Å². The van der Waals surface area contributed by atoms with Crippen molar-refractivity contribution in [3.63, 3.8) is 0 Å². The molecule has 3 amide bonds. The summed E-state index contributed by atoms with van der Waals surface area (Å²) in [6.07, 6.45) is 9.88. The Morgan fingerprint density at radius 2 is 1.52 bits per heavy atom. The molecule has 2 aliphatic heterocycles. The fourth-order valence-corrected chi connectivity index (χ4v) is 4.87. The van der Waals surface area contributed by atoms with Gasteiger partial charge in [-0.05, 0) is 43.9 Å². The number of allylic oxidation sites excluding steroid dienone is 2. The normalized spacial score (nSPS) is 35.8. The summed E-state index contributed by atoms with van der Waals surface area (Å²) in [5.41, 5.74) is 0. The van der Waals surface area contributed by atoms with Crippen LogP contribution in [0.4, 0.5) is 0 Å². The molecule has 23 heavy (non-hydrogen) atoms. The molecule has 2 bridgehead atoms. The largest absolute Gasteiger partial charge is 0.343 e. The van der Waals surface area contributed by atoms with E-state index in [1.807, 2.05) is 4.90 Å². The summed E-state index contributed by atoms with van der Waals surface area (Å²) in [4.78, 5) is 40.9. The quantitative estimate of drug-likeness (QED) is 0.587. The number of imide groups is 1. The highest BCUT2D eigenvalue weighted by atomic mass is 16.2. The second-order valence-corrected chi connectivity index (χ2v) is 7.36. The minimum Gasteiger partial charge on any atom is -0.343 e. The zero-order valence-corrected chi connectivity index (χ0v) is 13.4. The highest BCUT2D eigenvalue weighted by molar-refractivity contribution is 6.06. The van der Waals surface area contributed by atoms with Gasteiger partial charge in [-0.2, -0.15) is 0 Å². The number of piperidine rings is 1. The lowest BCUT2D eigenvalue weighted by molar-refractivity contribution is -0.141. The Labute approximate surface area is 136 Å². The molecule has 0 aromatic carbocycles. The highest BCUT2D eigenvalue weighted by Gasteiger charge is 2.56. The molecule has 2 heterocycles. The van der Waals surface area contributed by atoms with E-state index in [0.717, 1.165) is 38.8 Å². The Bertz CT molecular complexity index is 533. The molecule has 0 radical (unpaired) electrons. The predicted octanol–water partition coefficient (Wildman–Crippen LogP) is 1.59. The monoisotopic (exact) mass is 316 g/mol. The third-order valence-corrected chi connectivity index (χ3v) is 6.11. The number of carbonyl (C=O) groups is 3. The van der Waals surface area contributed by atoms with Crippen LogP contribution in [0.2, 0.25) is 0 Å². The summed E-state index contributed by atoms with van der Waals surface area (Å²) in [5, 5.41) is 0. The van der Waals surface area contributed by atoms with Crippen LogP contribution in [0, 0.1) is 23.7 Å². The van der Waals surface area contributed by atoms with Gasteiger partial charge in [0, 0.05) is 26.1 Å². The maximum atomic E-state index is 12.7. The molecule has 2 saturated heterocycles. The van der Waals surface area contributed by atoms with Crippen LogP contribution in [-0.2, 0) is 14.4 Å². The van der Waals surface area contributed by atoms with Crippen LogP contribution in [0.1, 0.15) is 38.5 Å². The summed E-state index contributed by atoms with van der Waals surface area (Å²) in [5.74, 6) is 0.151. The van der Waals surface area contributed by atoms with Crippen molar-refractivity contribution >= 4 is 17.7 Å². The van der Waals surface area contributed by atoms with Gasteiger partial charge in [-0.1, -0.05) is 12.2 Å². The smallest absolute Gasteiger partial charge is 0.233 e. The third kappa shape index (κ3) is 2.41. The summed E-state index contributed by atoms with van der Waals surface area (Å²) >= 11 is 0. The van der Waals surface area contributed by atoms with Gasteiger partial charge in [0.1, 0.15) is 0 Å². The first-order valence-electron chi connectivity index (χ1n) is 8.98. The van der Waals surface area contributed by atoms with Crippen molar-refractivity contribution in [3.8, 4) is 0 Å². The number of fused-ring (bicyclic) bond motifs is 1. The average Bonchev–Trinajstić information content (AvgIpc) is 2.88. The van der Waals surface area contributed by atoms with Crippen LogP contribution in [0.5, 0.6) is 0 Å². The molecular formula is C18H24N2O3.